The number of nitrogens with two attached hydrogens (primary N) is 1. The molecule has 3 N–H and O–H groups in total. The highest BCUT2D eigenvalue weighted by molar-refractivity contribution is 6.05. The summed E-state index contributed by atoms with van der Waals surface area (Å²) in [6.07, 6.45) is 0. The summed E-state index contributed by atoms with van der Waals surface area (Å²) in [5.74, 6) is -3.10. The van der Waals surface area contributed by atoms with Crippen LogP contribution in [0.2, 0.25) is 0 Å². The maximum atomic E-state index is 13.7. The van der Waals surface area contributed by atoms with E-state index in [-0.39, 0.29) is 5.69 Å². The first-order chi connectivity index (χ1) is 9.38. The molecule has 0 aliphatic carbocycles. The maximum absolute atomic E-state index is 13.7. The van der Waals surface area contributed by atoms with E-state index >= 15 is 0 Å². The van der Waals surface area contributed by atoms with Gasteiger partial charge in [0.25, 0.3) is 5.91 Å². The van der Waals surface area contributed by atoms with Gasteiger partial charge in [-0.2, -0.15) is 0 Å². The average Bonchev–Trinajstić information content (AvgIpc) is 2.38. The summed E-state index contributed by atoms with van der Waals surface area (Å²) in [4.78, 5) is 11.9. The Kier molecular flexibility index (Phi) is 3.65. The minimum Gasteiger partial charge on any atom is -0.396 e. The first-order valence-electron chi connectivity index (χ1n) is 5.70. The van der Waals surface area contributed by atoms with Crippen LogP contribution in [0, 0.1) is 24.4 Å². The maximum Gasteiger partial charge on any atom is 0.258 e. The Morgan fingerprint density at radius 1 is 1.15 bits per heavy atom. The lowest BCUT2D eigenvalue weighted by Gasteiger charge is -2.08. The van der Waals surface area contributed by atoms with Crippen LogP contribution < -0.4 is 11.1 Å². The number of anilines is 2. The summed E-state index contributed by atoms with van der Waals surface area (Å²) in [6.45, 7) is 1.52. The van der Waals surface area contributed by atoms with Crippen molar-refractivity contribution in [1.82, 2.24) is 0 Å². The molecule has 0 radical (unpaired) electrons. The minimum absolute atomic E-state index is 0.274. The van der Waals surface area contributed by atoms with Crippen LogP contribution >= 0.6 is 0 Å². The average molecular weight is 280 g/mol. The van der Waals surface area contributed by atoms with Gasteiger partial charge < -0.3 is 11.1 Å². The van der Waals surface area contributed by atoms with Gasteiger partial charge >= 0.3 is 0 Å². The predicted molar refractivity (Wildman–Crippen MR) is 69.9 cm³/mol. The van der Waals surface area contributed by atoms with Crippen molar-refractivity contribution in [2.75, 3.05) is 11.1 Å². The van der Waals surface area contributed by atoms with Crippen LogP contribution in [0.15, 0.2) is 30.3 Å². The Hall–Kier alpha value is -2.50. The van der Waals surface area contributed by atoms with Gasteiger partial charge in [0.05, 0.1) is 11.3 Å². The van der Waals surface area contributed by atoms with Crippen LogP contribution in [0.1, 0.15) is 15.9 Å². The van der Waals surface area contributed by atoms with E-state index in [9.17, 15) is 18.0 Å². The Labute approximate surface area is 113 Å². The molecule has 0 bridgehead atoms. The molecule has 1 amide bonds. The summed E-state index contributed by atoms with van der Waals surface area (Å²) < 4.78 is 39.9. The number of hydrogen-bond acceptors (Lipinski definition) is 2. The highest BCUT2D eigenvalue weighted by Crippen LogP contribution is 2.20. The molecule has 0 fully saturated rings. The molecular weight excluding hydrogens is 269 g/mol. The number of rotatable bonds is 2. The van der Waals surface area contributed by atoms with Gasteiger partial charge in [0.15, 0.2) is 5.82 Å². The number of nitrogen functional groups attached to an aromatic ring is 1. The first-order valence-corrected chi connectivity index (χ1v) is 5.70. The summed E-state index contributed by atoms with van der Waals surface area (Å²) in [7, 11) is 0. The predicted octanol–water partition coefficient (Wildman–Crippen LogP) is 3.25. The topological polar surface area (TPSA) is 55.1 Å². The molecule has 0 aliphatic rings. The van der Waals surface area contributed by atoms with Crippen LogP contribution in [0.3, 0.4) is 0 Å². The van der Waals surface area contributed by atoms with Crippen molar-refractivity contribution in [3.8, 4) is 0 Å². The van der Waals surface area contributed by atoms with E-state index < -0.39 is 34.6 Å². The van der Waals surface area contributed by atoms with Crippen LogP contribution in [-0.2, 0) is 0 Å². The third-order valence-corrected chi connectivity index (χ3v) is 2.73. The van der Waals surface area contributed by atoms with E-state index in [1.54, 1.807) is 0 Å². The van der Waals surface area contributed by atoms with Crippen LogP contribution in [0.25, 0.3) is 0 Å². The zero-order valence-corrected chi connectivity index (χ0v) is 10.5. The van der Waals surface area contributed by atoms with E-state index in [1.165, 1.54) is 25.1 Å². The molecule has 2 rings (SSSR count). The molecular formula is C14H11F3N2O. The second-order valence-corrected chi connectivity index (χ2v) is 4.27. The molecule has 0 saturated heterocycles. The molecule has 0 aliphatic heterocycles. The highest BCUT2D eigenvalue weighted by Gasteiger charge is 2.16. The zero-order valence-electron chi connectivity index (χ0n) is 10.5. The Balaban J connectivity index is 2.30. The van der Waals surface area contributed by atoms with Gasteiger partial charge in [-0.25, -0.2) is 13.2 Å². The fourth-order valence-electron chi connectivity index (χ4n) is 1.70. The molecule has 0 saturated carbocycles. The first kappa shape index (κ1) is 13.9. The van der Waals surface area contributed by atoms with E-state index in [4.69, 9.17) is 5.73 Å². The summed E-state index contributed by atoms with van der Waals surface area (Å²) >= 11 is 0. The van der Waals surface area contributed by atoms with Gasteiger partial charge in [0.1, 0.15) is 11.6 Å². The highest BCUT2D eigenvalue weighted by atomic mass is 19.1. The fourth-order valence-corrected chi connectivity index (χ4v) is 1.70. The number of aryl methyl sites for hydroxylation is 1. The monoisotopic (exact) mass is 280 g/mol. The molecule has 104 valence electrons. The summed E-state index contributed by atoms with van der Waals surface area (Å²) in [6, 6.07) is 5.40. The van der Waals surface area contributed by atoms with Crippen molar-refractivity contribution in [3.63, 3.8) is 0 Å². The van der Waals surface area contributed by atoms with Gasteiger partial charge in [0, 0.05) is 5.69 Å². The van der Waals surface area contributed by atoms with Crippen molar-refractivity contribution in [2.45, 2.75) is 6.92 Å². The number of hydrogen-bond donors (Lipinski definition) is 2. The van der Waals surface area contributed by atoms with Crippen molar-refractivity contribution in [3.05, 3.63) is 58.9 Å². The number of amides is 1. The third-order valence-electron chi connectivity index (χ3n) is 2.73. The molecule has 6 heteroatoms. The fraction of sp³-hybridized carbons (Fsp3) is 0.0714. The zero-order chi connectivity index (χ0) is 14.9. The van der Waals surface area contributed by atoms with Crippen molar-refractivity contribution in [2.24, 2.45) is 0 Å². The van der Waals surface area contributed by atoms with Crippen molar-refractivity contribution >= 4 is 17.3 Å². The van der Waals surface area contributed by atoms with Gasteiger partial charge in [-0.1, -0.05) is 0 Å². The standard InChI is InChI=1S/C14H11F3N2O/c1-7-4-9(2-3-11(7)16)19-14(20)10-5-8(15)6-12(18)13(10)17/h2-6H,18H2,1H3,(H,19,20). The number of nitrogens with one attached hydrogen (secondary N) is 1. The molecule has 0 aromatic heterocycles. The van der Waals surface area contributed by atoms with E-state index in [0.717, 1.165) is 12.1 Å². The second kappa shape index (κ2) is 5.24. The van der Waals surface area contributed by atoms with Gasteiger partial charge in [-0.15, -0.1) is 0 Å². The van der Waals surface area contributed by atoms with Gasteiger partial charge in [0.2, 0.25) is 0 Å². The van der Waals surface area contributed by atoms with Crippen LogP contribution in [0.4, 0.5) is 24.5 Å². The molecule has 0 spiro atoms. The normalized spacial score (nSPS) is 10.4. The lowest BCUT2D eigenvalue weighted by atomic mass is 10.1. The Bertz CT molecular complexity index is 686. The van der Waals surface area contributed by atoms with Crippen LogP contribution in [0.5, 0.6) is 0 Å². The molecule has 0 atom stereocenters. The number of halogens is 3. The molecule has 2 aromatic rings. The molecule has 2 aromatic carbocycles. The molecule has 0 unspecified atom stereocenters. The Morgan fingerprint density at radius 3 is 2.50 bits per heavy atom. The number of carbonyl (C=O) groups excluding carboxylic acids is 1. The second-order valence-electron chi connectivity index (χ2n) is 4.27. The third kappa shape index (κ3) is 2.74. The molecule has 0 heterocycles. The SMILES string of the molecule is Cc1cc(NC(=O)c2cc(F)cc(N)c2F)ccc1F. The summed E-state index contributed by atoms with van der Waals surface area (Å²) in [5.41, 5.74) is 4.88. The van der Waals surface area contributed by atoms with E-state index in [0.29, 0.717) is 5.56 Å². The van der Waals surface area contributed by atoms with Crippen LogP contribution in [-0.4, -0.2) is 5.91 Å². The van der Waals surface area contributed by atoms with Gasteiger partial charge in [-0.3, -0.25) is 4.79 Å². The van der Waals surface area contributed by atoms with Crippen molar-refractivity contribution < 1.29 is 18.0 Å². The quantitative estimate of drug-likeness (QED) is 0.830. The Morgan fingerprint density at radius 2 is 1.85 bits per heavy atom. The smallest absolute Gasteiger partial charge is 0.258 e. The summed E-state index contributed by atoms with van der Waals surface area (Å²) in [5, 5.41) is 2.35. The van der Waals surface area contributed by atoms with E-state index in [2.05, 4.69) is 5.32 Å². The largest absolute Gasteiger partial charge is 0.396 e. The van der Waals surface area contributed by atoms with Crippen molar-refractivity contribution in [1.29, 1.82) is 0 Å². The number of carbonyl (C=O) groups is 1. The minimum atomic E-state index is -0.997. The molecule has 3 nitrogen and oxygen atoms in total. The van der Waals surface area contributed by atoms with Gasteiger partial charge in [-0.05, 0) is 42.8 Å². The number of benzene rings is 2. The molecule has 20 heavy (non-hydrogen) atoms. The lowest BCUT2D eigenvalue weighted by molar-refractivity contribution is 0.102. The van der Waals surface area contributed by atoms with E-state index in [1.807, 2.05) is 0 Å². The lowest BCUT2D eigenvalue weighted by Crippen LogP contribution is -2.15.